The fourth-order valence-corrected chi connectivity index (χ4v) is 2.89. The number of hydrogen-bond donors (Lipinski definition) is 8. The summed E-state index contributed by atoms with van der Waals surface area (Å²) in [5.41, 5.74) is 11.7. The number of primary amides is 1. The minimum Gasteiger partial charge on any atom is -0.480 e. The molecule has 2 aromatic heterocycles. The van der Waals surface area contributed by atoms with Crippen LogP contribution in [-0.4, -0.2) is 78.8 Å². The largest absolute Gasteiger partial charge is 0.480 e. The number of amides is 4. The van der Waals surface area contributed by atoms with Gasteiger partial charge < -0.3 is 42.5 Å². The highest BCUT2D eigenvalue weighted by Gasteiger charge is 2.30. The molecular weight excluding hydrogens is 450 g/mol. The van der Waals surface area contributed by atoms with E-state index in [0.29, 0.717) is 11.4 Å². The van der Waals surface area contributed by atoms with Gasteiger partial charge in [0.1, 0.15) is 18.1 Å². The molecule has 15 heteroatoms. The van der Waals surface area contributed by atoms with Crippen LogP contribution in [0.25, 0.3) is 0 Å². The van der Waals surface area contributed by atoms with E-state index in [2.05, 4.69) is 35.9 Å². The molecule has 0 saturated heterocycles. The summed E-state index contributed by atoms with van der Waals surface area (Å²) in [5, 5.41) is 16.3. The van der Waals surface area contributed by atoms with Crippen LogP contribution in [0, 0.1) is 0 Å². The predicted octanol–water partition coefficient (Wildman–Crippen LogP) is -3.32. The molecule has 2 rings (SSSR count). The van der Waals surface area contributed by atoms with Gasteiger partial charge in [0.15, 0.2) is 0 Å². The lowest BCUT2D eigenvalue weighted by Crippen LogP contribution is -2.58. The number of carboxylic acids is 1. The van der Waals surface area contributed by atoms with E-state index in [1.807, 2.05) is 0 Å². The summed E-state index contributed by atoms with van der Waals surface area (Å²) in [7, 11) is 0. The minimum absolute atomic E-state index is 0.0319. The molecule has 4 atom stereocenters. The van der Waals surface area contributed by atoms with Crippen LogP contribution in [0.5, 0.6) is 0 Å². The first-order valence-electron chi connectivity index (χ1n) is 10.2. The summed E-state index contributed by atoms with van der Waals surface area (Å²) in [6, 6.07) is -4.90. The van der Waals surface area contributed by atoms with Crippen molar-refractivity contribution in [3.05, 3.63) is 36.4 Å². The Morgan fingerprint density at radius 2 is 1.38 bits per heavy atom. The number of nitrogens with one attached hydrogen (secondary N) is 5. The highest BCUT2D eigenvalue weighted by atomic mass is 16.4. The van der Waals surface area contributed by atoms with Gasteiger partial charge in [0.25, 0.3) is 0 Å². The molecule has 0 aliphatic rings. The maximum absolute atomic E-state index is 13.1. The number of rotatable bonds is 13. The van der Waals surface area contributed by atoms with Gasteiger partial charge in [-0.05, 0) is 6.92 Å². The zero-order chi connectivity index (χ0) is 25.3. The Labute approximate surface area is 193 Å². The Balaban J connectivity index is 2.20. The van der Waals surface area contributed by atoms with Gasteiger partial charge in [0.05, 0.1) is 25.1 Å². The van der Waals surface area contributed by atoms with Gasteiger partial charge in [-0.25, -0.2) is 9.97 Å². The van der Waals surface area contributed by atoms with Crippen LogP contribution in [0.1, 0.15) is 24.7 Å². The molecule has 0 aliphatic carbocycles. The van der Waals surface area contributed by atoms with Crippen molar-refractivity contribution in [2.75, 3.05) is 0 Å². The number of nitrogens with zero attached hydrogens (tertiary/aromatic N) is 2. The van der Waals surface area contributed by atoms with Crippen molar-refractivity contribution in [1.29, 1.82) is 0 Å². The SMILES string of the molecule is CC(NC(=O)C(Cc1cnc[nH]1)NC(=O)C(Cc1cnc[nH]1)NC(=O)C(N)CC(N)=O)C(=O)O. The molecule has 0 saturated carbocycles. The molecule has 0 aromatic carbocycles. The van der Waals surface area contributed by atoms with Crippen molar-refractivity contribution in [2.24, 2.45) is 11.5 Å². The molecule has 0 bridgehead atoms. The van der Waals surface area contributed by atoms with Gasteiger partial charge in [0, 0.05) is 36.6 Å². The molecule has 184 valence electrons. The summed E-state index contributed by atoms with van der Waals surface area (Å²) in [6.07, 6.45) is 5.15. The zero-order valence-electron chi connectivity index (χ0n) is 18.3. The van der Waals surface area contributed by atoms with Crippen LogP contribution in [-0.2, 0) is 36.8 Å². The standard InChI is InChI=1S/C19H27N9O6/c1-9(19(33)34)26-17(31)13(2-10-5-22-7-24-10)28-18(32)14(3-11-6-23-8-25-11)27-16(30)12(20)4-15(21)29/h5-9,12-14H,2-4,20H2,1H3,(H2,21,29)(H,22,24)(H,23,25)(H,26,31)(H,27,30)(H,28,32)(H,33,34). The van der Waals surface area contributed by atoms with Gasteiger partial charge >= 0.3 is 5.97 Å². The van der Waals surface area contributed by atoms with E-state index in [1.165, 1.54) is 32.0 Å². The van der Waals surface area contributed by atoms with Crippen LogP contribution in [0.2, 0.25) is 0 Å². The normalized spacial score (nSPS) is 14.3. The molecule has 4 unspecified atom stereocenters. The average molecular weight is 477 g/mol. The number of nitrogens with two attached hydrogens (primary N) is 2. The second kappa shape index (κ2) is 12.1. The smallest absolute Gasteiger partial charge is 0.325 e. The molecule has 2 aromatic rings. The number of aromatic nitrogens is 4. The third-order valence-electron chi connectivity index (χ3n) is 4.71. The molecule has 34 heavy (non-hydrogen) atoms. The Kier molecular flexibility index (Phi) is 9.25. The second-order valence-electron chi connectivity index (χ2n) is 7.53. The predicted molar refractivity (Wildman–Crippen MR) is 115 cm³/mol. The second-order valence-corrected chi connectivity index (χ2v) is 7.53. The number of carboxylic acid groups (broad SMARTS) is 1. The lowest BCUT2D eigenvalue weighted by molar-refractivity contribution is -0.141. The van der Waals surface area contributed by atoms with Crippen molar-refractivity contribution in [3.63, 3.8) is 0 Å². The molecule has 15 nitrogen and oxygen atoms in total. The molecule has 2 heterocycles. The molecule has 0 radical (unpaired) electrons. The van der Waals surface area contributed by atoms with E-state index >= 15 is 0 Å². The third kappa shape index (κ3) is 8.01. The Morgan fingerprint density at radius 1 is 0.912 bits per heavy atom. The number of H-pyrrole nitrogens is 2. The number of aromatic amines is 2. The van der Waals surface area contributed by atoms with Crippen LogP contribution in [0.15, 0.2) is 25.0 Å². The van der Waals surface area contributed by atoms with Gasteiger partial charge in [-0.1, -0.05) is 0 Å². The number of carbonyl (C=O) groups excluding carboxylic acids is 4. The van der Waals surface area contributed by atoms with Crippen molar-refractivity contribution < 1.29 is 29.1 Å². The van der Waals surface area contributed by atoms with Crippen molar-refractivity contribution in [1.82, 2.24) is 35.9 Å². The van der Waals surface area contributed by atoms with E-state index in [0.717, 1.165) is 0 Å². The monoisotopic (exact) mass is 477 g/mol. The first-order chi connectivity index (χ1) is 16.1. The van der Waals surface area contributed by atoms with Crippen LogP contribution >= 0.6 is 0 Å². The van der Waals surface area contributed by atoms with E-state index in [1.54, 1.807) is 0 Å². The Morgan fingerprint density at radius 3 is 1.79 bits per heavy atom. The van der Waals surface area contributed by atoms with Crippen LogP contribution in [0.4, 0.5) is 0 Å². The summed E-state index contributed by atoms with van der Waals surface area (Å²) in [6.45, 7) is 1.27. The van der Waals surface area contributed by atoms with Gasteiger partial charge in [-0.3, -0.25) is 24.0 Å². The zero-order valence-corrected chi connectivity index (χ0v) is 18.3. The van der Waals surface area contributed by atoms with Crippen molar-refractivity contribution in [2.45, 2.75) is 50.4 Å². The molecule has 0 aliphatic heterocycles. The first kappa shape index (κ1) is 26.0. The van der Waals surface area contributed by atoms with E-state index in [4.69, 9.17) is 16.6 Å². The Hall–Kier alpha value is -4.27. The van der Waals surface area contributed by atoms with Crippen molar-refractivity contribution >= 4 is 29.6 Å². The minimum atomic E-state index is -1.28. The molecular formula is C19H27N9O6. The number of carbonyl (C=O) groups is 5. The maximum atomic E-state index is 13.1. The van der Waals surface area contributed by atoms with E-state index in [-0.39, 0.29) is 12.8 Å². The van der Waals surface area contributed by atoms with Gasteiger partial charge in [0.2, 0.25) is 23.6 Å². The van der Waals surface area contributed by atoms with Crippen LogP contribution < -0.4 is 27.4 Å². The number of hydrogen-bond acceptors (Lipinski definition) is 8. The quantitative estimate of drug-likeness (QED) is 0.143. The lowest BCUT2D eigenvalue weighted by atomic mass is 10.1. The lowest BCUT2D eigenvalue weighted by Gasteiger charge is -2.24. The van der Waals surface area contributed by atoms with E-state index < -0.39 is 60.2 Å². The molecule has 0 spiro atoms. The number of aliphatic carboxylic acids is 1. The summed E-state index contributed by atoms with van der Waals surface area (Å²) >= 11 is 0. The maximum Gasteiger partial charge on any atom is 0.325 e. The van der Waals surface area contributed by atoms with Gasteiger partial charge in [-0.2, -0.15) is 0 Å². The summed E-state index contributed by atoms with van der Waals surface area (Å²) < 4.78 is 0. The third-order valence-corrected chi connectivity index (χ3v) is 4.71. The average Bonchev–Trinajstić information content (AvgIpc) is 3.46. The summed E-state index contributed by atoms with van der Waals surface area (Å²) in [5.74, 6) is -4.35. The van der Waals surface area contributed by atoms with Gasteiger partial charge in [-0.15, -0.1) is 0 Å². The number of imidazole rings is 2. The van der Waals surface area contributed by atoms with Crippen LogP contribution in [0.3, 0.4) is 0 Å². The van der Waals surface area contributed by atoms with Crippen molar-refractivity contribution in [3.8, 4) is 0 Å². The fraction of sp³-hybridized carbons (Fsp3) is 0.421. The highest BCUT2D eigenvalue weighted by Crippen LogP contribution is 2.04. The highest BCUT2D eigenvalue weighted by molar-refractivity contribution is 5.95. The molecule has 4 amide bonds. The molecule has 10 N–H and O–H groups in total. The van der Waals surface area contributed by atoms with E-state index in [9.17, 15) is 24.0 Å². The summed E-state index contributed by atoms with van der Waals surface area (Å²) in [4.78, 5) is 73.7. The molecule has 0 fully saturated rings. The topological polar surface area (TPSA) is 251 Å². The first-order valence-corrected chi connectivity index (χ1v) is 10.2. The Bertz CT molecular complexity index is 992. The fourth-order valence-electron chi connectivity index (χ4n) is 2.89.